The van der Waals surface area contributed by atoms with E-state index in [1.54, 1.807) is 27.8 Å². The summed E-state index contributed by atoms with van der Waals surface area (Å²) in [6.07, 6.45) is 1.59. The van der Waals surface area contributed by atoms with Crippen molar-refractivity contribution in [2.45, 2.75) is 27.3 Å². The average Bonchev–Trinajstić information content (AvgIpc) is 2.90. The van der Waals surface area contributed by atoms with Gasteiger partial charge in [-0.25, -0.2) is 19.3 Å². The van der Waals surface area contributed by atoms with Crippen LogP contribution in [-0.2, 0) is 6.54 Å². The number of hydrogen-bond acceptors (Lipinski definition) is 6. The Morgan fingerprint density at radius 1 is 1.00 bits per heavy atom. The number of nitrogens with zero attached hydrogens (tertiary/aromatic N) is 7. The zero-order valence-corrected chi connectivity index (χ0v) is 15.1. The normalized spacial score (nSPS) is 14.5. The third kappa shape index (κ3) is 3.10. The summed E-state index contributed by atoms with van der Waals surface area (Å²) in [7, 11) is 0. The van der Waals surface area contributed by atoms with Gasteiger partial charge in [-0.05, 0) is 32.9 Å². The third-order valence-corrected chi connectivity index (χ3v) is 4.58. The van der Waals surface area contributed by atoms with Gasteiger partial charge in [0.05, 0.1) is 12.2 Å². The van der Waals surface area contributed by atoms with Crippen molar-refractivity contribution in [3.63, 3.8) is 0 Å². The van der Waals surface area contributed by atoms with Crippen LogP contribution >= 0.6 is 0 Å². The van der Waals surface area contributed by atoms with Crippen molar-refractivity contribution >= 4 is 5.82 Å². The fourth-order valence-corrected chi connectivity index (χ4v) is 3.27. The zero-order chi connectivity index (χ0) is 18.3. The Hall–Kier alpha value is -3.03. The molecule has 3 aromatic heterocycles. The fraction of sp³-hybridized carbons (Fsp3) is 0.389. The van der Waals surface area contributed by atoms with Crippen LogP contribution in [0.3, 0.4) is 0 Å². The predicted molar refractivity (Wildman–Crippen MR) is 97.6 cm³/mol. The summed E-state index contributed by atoms with van der Waals surface area (Å²) in [6.45, 7) is 8.17. The van der Waals surface area contributed by atoms with Crippen molar-refractivity contribution in [1.29, 1.82) is 0 Å². The molecule has 0 N–H and O–H groups in total. The summed E-state index contributed by atoms with van der Waals surface area (Å²) in [6, 6.07) is 7.24. The van der Waals surface area contributed by atoms with E-state index in [9.17, 15) is 4.79 Å². The molecule has 1 aliphatic heterocycles. The van der Waals surface area contributed by atoms with Crippen LogP contribution < -0.4 is 10.5 Å². The first kappa shape index (κ1) is 16.4. The molecule has 1 saturated heterocycles. The molecule has 8 heteroatoms. The molecule has 4 heterocycles. The lowest BCUT2D eigenvalue weighted by Crippen LogP contribution is -2.50. The first-order chi connectivity index (χ1) is 12.5. The molecule has 0 bridgehead atoms. The van der Waals surface area contributed by atoms with E-state index in [1.165, 1.54) is 0 Å². The number of rotatable bonds is 4. The van der Waals surface area contributed by atoms with Gasteiger partial charge in [-0.2, -0.15) is 5.10 Å². The summed E-state index contributed by atoms with van der Waals surface area (Å²) in [5, 5.41) is 8.95. The quantitative estimate of drug-likeness (QED) is 0.704. The maximum Gasteiger partial charge on any atom is 0.266 e. The van der Waals surface area contributed by atoms with Crippen LogP contribution in [0.15, 0.2) is 35.4 Å². The highest BCUT2D eigenvalue weighted by atomic mass is 16.1. The lowest BCUT2D eigenvalue weighted by molar-refractivity contribution is 0.332. The number of aromatic nitrogens is 6. The lowest BCUT2D eigenvalue weighted by Gasteiger charge is -2.40. The molecule has 0 aromatic carbocycles. The van der Waals surface area contributed by atoms with Crippen LogP contribution in [0.1, 0.15) is 17.1 Å². The molecule has 0 atom stereocenters. The Bertz CT molecular complexity index is 1000. The van der Waals surface area contributed by atoms with E-state index in [0.29, 0.717) is 18.3 Å². The van der Waals surface area contributed by atoms with Gasteiger partial charge < -0.3 is 4.90 Å². The highest BCUT2D eigenvalue weighted by Gasteiger charge is 2.28. The monoisotopic (exact) mass is 351 g/mol. The van der Waals surface area contributed by atoms with E-state index in [1.807, 2.05) is 32.9 Å². The van der Waals surface area contributed by atoms with Gasteiger partial charge >= 0.3 is 0 Å². The molecule has 3 aromatic rings. The lowest BCUT2D eigenvalue weighted by atomic mass is 10.0. The van der Waals surface area contributed by atoms with Gasteiger partial charge in [-0.3, -0.25) is 4.79 Å². The Morgan fingerprint density at radius 3 is 2.50 bits per heavy atom. The van der Waals surface area contributed by atoms with Gasteiger partial charge in [-0.1, -0.05) is 0 Å². The minimum atomic E-state index is -0.0911. The van der Waals surface area contributed by atoms with Gasteiger partial charge in [0.1, 0.15) is 12.1 Å². The van der Waals surface area contributed by atoms with Crippen LogP contribution in [0.4, 0.5) is 5.82 Å². The highest BCUT2D eigenvalue weighted by Crippen LogP contribution is 2.23. The number of hydrogen-bond donors (Lipinski definition) is 0. The van der Waals surface area contributed by atoms with Crippen molar-refractivity contribution in [2.24, 2.45) is 5.92 Å². The van der Waals surface area contributed by atoms with Gasteiger partial charge in [0.15, 0.2) is 5.82 Å². The second-order valence-electron chi connectivity index (χ2n) is 6.84. The Kier molecular flexibility index (Phi) is 4.02. The predicted octanol–water partition coefficient (Wildman–Crippen LogP) is 1.28. The van der Waals surface area contributed by atoms with Crippen LogP contribution in [0.25, 0.3) is 5.82 Å². The topological polar surface area (TPSA) is 81.7 Å². The molecule has 0 aliphatic carbocycles. The second-order valence-corrected chi connectivity index (χ2v) is 6.84. The van der Waals surface area contributed by atoms with Gasteiger partial charge in [0.25, 0.3) is 5.56 Å². The number of anilines is 1. The molecule has 4 rings (SSSR count). The van der Waals surface area contributed by atoms with Crippen LogP contribution in [-0.4, -0.2) is 42.6 Å². The van der Waals surface area contributed by atoms with Gasteiger partial charge in [0, 0.05) is 42.5 Å². The largest absolute Gasteiger partial charge is 0.356 e. The molecule has 0 unspecified atom stereocenters. The SMILES string of the molecule is Cc1cc(N2CC(Cn3nc(-n4nc(C)cc4C)ccc3=O)C2)ncn1. The molecule has 1 fully saturated rings. The molecule has 26 heavy (non-hydrogen) atoms. The van der Waals surface area contributed by atoms with Crippen molar-refractivity contribution in [1.82, 2.24) is 29.5 Å². The van der Waals surface area contributed by atoms with Gasteiger partial charge in [-0.15, -0.1) is 5.10 Å². The minimum absolute atomic E-state index is 0.0911. The van der Waals surface area contributed by atoms with Crippen molar-refractivity contribution in [3.8, 4) is 5.82 Å². The summed E-state index contributed by atoms with van der Waals surface area (Å²) >= 11 is 0. The van der Waals surface area contributed by atoms with E-state index in [2.05, 4.69) is 25.1 Å². The number of aryl methyl sites for hydroxylation is 3. The average molecular weight is 351 g/mol. The van der Waals surface area contributed by atoms with E-state index < -0.39 is 0 Å². The molecule has 1 aliphatic rings. The standard InChI is InChI=1S/C18H21N7O/c1-12-7-17(20-11-19-12)23-8-15(9-23)10-24-18(26)5-4-16(22-24)25-14(3)6-13(2)21-25/h4-7,11,15H,8-10H2,1-3H3. The molecule has 134 valence electrons. The van der Waals surface area contributed by atoms with Crippen molar-refractivity contribution < 1.29 is 0 Å². The third-order valence-electron chi connectivity index (χ3n) is 4.58. The van der Waals surface area contributed by atoms with E-state index in [4.69, 9.17) is 0 Å². The maximum absolute atomic E-state index is 12.2. The van der Waals surface area contributed by atoms with Crippen LogP contribution in [0, 0.1) is 26.7 Å². The second kappa shape index (κ2) is 6.36. The highest BCUT2D eigenvalue weighted by molar-refractivity contribution is 5.41. The maximum atomic E-state index is 12.2. The minimum Gasteiger partial charge on any atom is -0.356 e. The summed E-state index contributed by atoms with van der Waals surface area (Å²) in [5.41, 5.74) is 2.78. The summed E-state index contributed by atoms with van der Waals surface area (Å²) in [4.78, 5) is 22.8. The van der Waals surface area contributed by atoms with E-state index >= 15 is 0 Å². The Balaban J connectivity index is 1.48. The molecule has 0 amide bonds. The summed E-state index contributed by atoms with van der Waals surface area (Å²) < 4.78 is 3.31. The first-order valence-corrected chi connectivity index (χ1v) is 8.65. The van der Waals surface area contributed by atoms with E-state index in [-0.39, 0.29) is 5.56 Å². The van der Waals surface area contributed by atoms with Crippen molar-refractivity contribution in [3.05, 3.63) is 58.0 Å². The summed E-state index contributed by atoms with van der Waals surface area (Å²) in [5.74, 6) is 1.97. The Labute approximate surface area is 151 Å². The van der Waals surface area contributed by atoms with E-state index in [0.717, 1.165) is 36.0 Å². The molecule has 0 radical (unpaired) electrons. The molecular formula is C18H21N7O. The Morgan fingerprint density at radius 2 is 1.81 bits per heavy atom. The zero-order valence-electron chi connectivity index (χ0n) is 15.1. The van der Waals surface area contributed by atoms with Crippen LogP contribution in [0.2, 0.25) is 0 Å². The molecule has 0 spiro atoms. The molecule has 0 saturated carbocycles. The molecule has 8 nitrogen and oxygen atoms in total. The van der Waals surface area contributed by atoms with Crippen molar-refractivity contribution in [2.75, 3.05) is 18.0 Å². The smallest absolute Gasteiger partial charge is 0.266 e. The van der Waals surface area contributed by atoms with Gasteiger partial charge in [0.2, 0.25) is 0 Å². The molecular weight excluding hydrogens is 330 g/mol. The first-order valence-electron chi connectivity index (χ1n) is 8.65. The fourth-order valence-electron chi connectivity index (χ4n) is 3.27. The van der Waals surface area contributed by atoms with Crippen LogP contribution in [0.5, 0.6) is 0 Å².